The van der Waals surface area contributed by atoms with E-state index in [0.717, 1.165) is 10.4 Å². The number of halogens is 4. The van der Waals surface area contributed by atoms with Crippen LogP contribution in [0, 0.1) is 0 Å². The van der Waals surface area contributed by atoms with Gasteiger partial charge in [0.2, 0.25) is 0 Å². The minimum atomic E-state index is -4.90. The van der Waals surface area contributed by atoms with Crippen molar-refractivity contribution in [2.75, 3.05) is 28.7 Å². The molecule has 3 N–H and O–H groups in total. The quantitative estimate of drug-likeness (QED) is 0.540. The second-order valence-corrected chi connectivity index (χ2v) is 7.63. The van der Waals surface area contributed by atoms with E-state index in [1.807, 2.05) is 0 Å². The molecule has 0 radical (unpaired) electrons. The second-order valence-electron chi connectivity index (χ2n) is 5.85. The van der Waals surface area contributed by atoms with Crippen LogP contribution in [0.5, 0.6) is 5.75 Å². The van der Waals surface area contributed by atoms with Crippen LogP contribution in [0.15, 0.2) is 48.5 Å². The van der Waals surface area contributed by atoms with Crippen molar-refractivity contribution in [1.82, 2.24) is 5.32 Å². The van der Waals surface area contributed by atoms with E-state index < -0.39 is 23.1 Å². The lowest BCUT2D eigenvalue weighted by atomic mass is 10.2. The van der Waals surface area contributed by atoms with Crippen molar-refractivity contribution >= 4 is 40.4 Å². The van der Waals surface area contributed by atoms with Crippen molar-refractivity contribution in [3.8, 4) is 5.75 Å². The normalized spacial score (nSPS) is 16.4. The fourth-order valence-corrected chi connectivity index (χ4v) is 4.77. The zero-order valence-corrected chi connectivity index (χ0v) is 16.5. The van der Waals surface area contributed by atoms with Gasteiger partial charge >= 0.3 is 6.36 Å². The summed E-state index contributed by atoms with van der Waals surface area (Å²) in [5, 5.41) is 2.98. The van der Waals surface area contributed by atoms with Crippen LogP contribution in [0.25, 0.3) is 0 Å². The van der Waals surface area contributed by atoms with E-state index in [0.29, 0.717) is 30.9 Å². The Bertz CT molecular complexity index is 810. The molecule has 0 saturated carbocycles. The number of fused-ring (bicyclic) bond motifs is 1. The van der Waals surface area contributed by atoms with Crippen molar-refractivity contribution in [3.63, 3.8) is 0 Å². The summed E-state index contributed by atoms with van der Waals surface area (Å²) < 4.78 is 66.9. The molecular weight excluding hydrogens is 419 g/mol. The SMILES string of the molecule is CNCCCN1c2ccccc2N(c2ccccc2OC(F)(F)F)S1(O)O.Cl. The van der Waals surface area contributed by atoms with Crippen LogP contribution in [0.3, 0.4) is 0 Å². The van der Waals surface area contributed by atoms with Crippen molar-refractivity contribution in [2.45, 2.75) is 12.8 Å². The topological polar surface area (TPSA) is 68.2 Å². The Labute approximate surface area is 168 Å². The van der Waals surface area contributed by atoms with Gasteiger partial charge in [0.15, 0.2) is 5.75 Å². The number of para-hydroxylation sites is 4. The van der Waals surface area contributed by atoms with Crippen LogP contribution in [0.2, 0.25) is 0 Å². The first-order chi connectivity index (χ1) is 12.8. The first kappa shape index (κ1) is 22.4. The maximum Gasteiger partial charge on any atom is 0.573 e. The highest BCUT2D eigenvalue weighted by atomic mass is 35.5. The Hall–Kier alpha value is -1.85. The van der Waals surface area contributed by atoms with Gasteiger partial charge in [-0.15, -0.1) is 25.6 Å². The number of benzene rings is 2. The highest BCUT2D eigenvalue weighted by molar-refractivity contribution is 8.27. The molecule has 0 spiro atoms. The van der Waals surface area contributed by atoms with Crippen LogP contribution >= 0.6 is 23.4 Å². The Balaban J connectivity index is 0.00000280. The Kier molecular flexibility index (Phi) is 6.94. The molecule has 1 aliphatic rings. The maximum atomic E-state index is 12.8. The van der Waals surface area contributed by atoms with Crippen molar-refractivity contribution < 1.29 is 27.0 Å². The summed E-state index contributed by atoms with van der Waals surface area (Å²) in [6.07, 6.45) is -4.28. The average molecular weight is 440 g/mol. The number of hydrogen-bond donors (Lipinski definition) is 3. The molecule has 3 rings (SSSR count). The summed E-state index contributed by atoms with van der Waals surface area (Å²) in [5.74, 6) is -0.503. The van der Waals surface area contributed by atoms with Gasteiger partial charge in [0.25, 0.3) is 0 Å². The zero-order valence-electron chi connectivity index (χ0n) is 14.9. The fraction of sp³-hybridized carbons (Fsp3) is 0.294. The third-order valence-corrected chi connectivity index (χ3v) is 5.86. The van der Waals surface area contributed by atoms with E-state index in [9.17, 15) is 22.3 Å². The van der Waals surface area contributed by atoms with Crippen LogP contribution in [-0.4, -0.2) is 35.6 Å². The molecule has 6 nitrogen and oxygen atoms in total. The van der Waals surface area contributed by atoms with Gasteiger partial charge in [-0.25, -0.2) is 4.31 Å². The summed E-state index contributed by atoms with van der Waals surface area (Å²) in [7, 11) is -1.82. The summed E-state index contributed by atoms with van der Waals surface area (Å²) >= 11 is 0. The van der Waals surface area contributed by atoms with E-state index in [2.05, 4.69) is 10.1 Å². The van der Waals surface area contributed by atoms with E-state index in [1.165, 1.54) is 22.5 Å². The van der Waals surface area contributed by atoms with Crippen LogP contribution in [0.1, 0.15) is 6.42 Å². The molecule has 2 aromatic carbocycles. The second kappa shape index (κ2) is 8.66. The number of ether oxygens (including phenoxy) is 1. The van der Waals surface area contributed by atoms with Crippen LogP contribution in [0.4, 0.5) is 30.2 Å². The van der Waals surface area contributed by atoms with Crippen molar-refractivity contribution in [1.29, 1.82) is 0 Å². The lowest BCUT2D eigenvalue weighted by molar-refractivity contribution is -0.274. The molecule has 0 aromatic heterocycles. The van der Waals surface area contributed by atoms with Crippen LogP contribution < -0.4 is 18.7 Å². The molecule has 0 saturated heterocycles. The van der Waals surface area contributed by atoms with E-state index in [-0.39, 0.29) is 18.1 Å². The summed E-state index contributed by atoms with van der Waals surface area (Å²) in [4.78, 5) is 0. The number of alkyl halides is 3. The molecule has 11 heteroatoms. The van der Waals surface area contributed by atoms with Gasteiger partial charge in [-0.2, -0.15) is 0 Å². The molecular formula is C17H21ClF3N3O3S. The summed E-state index contributed by atoms with van der Waals surface area (Å²) in [6, 6.07) is 12.2. The summed E-state index contributed by atoms with van der Waals surface area (Å²) in [5.41, 5.74) is 0.869. The number of rotatable bonds is 6. The molecule has 1 aliphatic heterocycles. The van der Waals surface area contributed by atoms with Gasteiger partial charge in [-0.3, -0.25) is 13.4 Å². The van der Waals surface area contributed by atoms with Gasteiger partial charge in [-0.1, -0.05) is 24.3 Å². The van der Waals surface area contributed by atoms with E-state index in [4.69, 9.17) is 0 Å². The largest absolute Gasteiger partial charge is 0.573 e. The first-order valence-corrected chi connectivity index (χ1v) is 9.66. The Morgan fingerprint density at radius 1 is 1.00 bits per heavy atom. The molecule has 0 fully saturated rings. The van der Waals surface area contributed by atoms with Gasteiger partial charge in [0.1, 0.15) is 5.69 Å². The molecule has 1 heterocycles. The minimum absolute atomic E-state index is 0. The highest BCUT2D eigenvalue weighted by Crippen LogP contribution is 2.65. The highest BCUT2D eigenvalue weighted by Gasteiger charge is 2.43. The summed E-state index contributed by atoms with van der Waals surface area (Å²) in [6.45, 7) is 0.973. The minimum Gasteiger partial charge on any atom is -0.403 e. The zero-order chi connectivity index (χ0) is 19.7. The average Bonchev–Trinajstić information content (AvgIpc) is 2.81. The van der Waals surface area contributed by atoms with Crippen LogP contribution in [-0.2, 0) is 0 Å². The van der Waals surface area contributed by atoms with Gasteiger partial charge in [0, 0.05) is 6.54 Å². The lowest BCUT2D eigenvalue weighted by Crippen LogP contribution is -2.33. The number of nitrogens with one attached hydrogen (secondary N) is 1. The van der Waals surface area contributed by atoms with E-state index in [1.54, 1.807) is 31.3 Å². The standard InChI is InChI=1S/C17H20F3N3O3S.ClH/c1-21-11-6-12-22-13-7-2-3-8-14(13)23(27(22,24)25)15-9-4-5-10-16(15)26-17(18,19)20;/h2-5,7-10,21,24-25H,6,11-12H2,1H3;1H. The third kappa shape index (κ3) is 4.41. The molecule has 0 atom stereocenters. The van der Waals surface area contributed by atoms with Crippen molar-refractivity contribution in [2.24, 2.45) is 0 Å². The Morgan fingerprint density at radius 3 is 2.18 bits per heavy atom. The lowest BCUT2D eigenvalue weighted by Gasteiger charge is -2.44. The molecule has 156 valence electrons. The fourth-order valence-electron chi connectivity index (χ4n) is 2.95. The molecule has 0 amide bonds. The monoisotopic (exact) mass is 439 g/mol. The smallest absolute Gasteiger partial charge is 0.403 e. The molecule has 2 aromatic rings. The third-order valence-electron chi connectivity index (χ3n) is 4.01. The molecule has 0 aliphatic carbocycles. The molecule has 28 heavy (non-hydrogen) atoms. The predicted molar refractivity (Wildman–Crippen MR) is 108 cm³/mol. The van der Waals surface area contributed by atoms with E-state index >= 15 is 0 Å². The number of hydrogen-bond acceptors (Lipinski definition) is 6. The van der Waals surface area contributed by atoms with Gasteiger partial charge < -0.3 is 10.1 Å². The Morgan fingerprint density at radius 2 is 1.57 bits per heavy atom. The van der Waals surface area contributed by atoms with Crippen molar-refractivity contribution in [3.05, 3.63) is 48.5 Å². The molecule has 0 unspecified atom stereocenters. The maximum absolute atomic E-state index is 12.8. The molecule has 0 bridgehead atoms. The van der Waals surface area contributed by atoms with Gasteiger partial charge in [0.05, 0.1) is 11.4 Å². The predicted octanol–water partition coefficient (Wildman–Crippen LogP) is 5.16. The van der Waals surface area contributed by atoms with Gasteiger partial charge in [-0.05, 0) is 55.2 Å². The number of nitrogens with zero attached hydrogens (tertiary/aromatic N) is 2. The first-order valence-electron chi connectivity index (χ1n) is 8.20. The number of anilines is 3.